The molecule has 7 heteroatoms. The number of fused-ring (bicyclic) bond motifs is 1. The topological polar surface area (TPSA) is 79.8 Å². The van der Waals surface area contributed by atoms with Gasteiger partial charge in [-0.15, -0.1) is 0 Å². The summed E-state index contributed by atoms with van der Waals surface area (Å²) in [5.74, 6) is -0.259. The van der Waals surface area contributed by atoms with E-state index in [-0.39, 0.29) is 24.1 Å². The molecule has 0 bridgehead atoms. The Bertz CT molecular complexity index is 999. The molecule has 0 aliphatic carbocycles. The normalized spacial score (nSPS) is 12.7. The summed E-state index contributed by atoms with van der Waals surface area (Å²) in [6.07, 6.45) is 1.88. The van der Waals surface area contributed by atoms with Crippen molar-refractivity contribution in [2.75, 3.05) is 23.5 Å². The van der Waals surface area contributed by atoms with Crippen LogP contribution in [0.3, 0.4) is 0 Å². The van der Waals surface area contributed by atoms with Crippen molar-refractivity contribution in [3.8, 4) is 0 Å². The summed E-state index contributed by atoms with van der Waals surface area (Å²) < 4.78 is 4.77. The number of carbonyl (C=O) groups is 2. The highest BCUT2D eigenvalue weighted by Gasteiger charge is 2.15. The fourth-order valence-corrected chi connectivity index (χ4v) is 3.48. The molecule has 2 aromatic rings. The summed E-state index contributed by atoms with van der Waals surface area (Å²) in [6.45, 7) is 4.04. The van der Waals surface area contributed by atoms with E-state index in [0.717, 1.165) is 22.6 Å². The first kappa shape index (κ1) is 20.7. The van der Waals surface area contributed by atoms with Gasteiger partial charge in [0.25, 0.3) is 0 Å². The second kappa shape index (κ2) is 9.43. The van der Waals surface area contributed by atoms with E-state index in [1.54, 1.807) is 6.08 Å². The van der Waals surface area contributed by atoms with Crippen molar-refractivity contribution >= 4 is 45.7 Å². The number of methoxy groups -OCH3 is 1. The lowest BCUT2D eigenvalue weighted by Gasteiger charge is -2.09. The third kappa shape index (κ3) is 5.71. The number of nitrogens with one attached hydrogen (secondary N) is 2. The summed E-state index contributed by atoms with van der Waals surface area (Å²) in [4.78, 5) is 28.7. The van der Waals surface area contributed by atoms with E-state index in [1.165, 1.54) is 24.4 Å². The fourth-order valence-electron chi connectivity index (χ4n) is 2.74. The average Bonchev–Trinajstić information content (AvgIpc) is 2.87. The molecule has 0 fully saturated rings. The van der Waals surface area contributed by atoms with Crippen LogP contribution in [0.4, 0.5) is 17.1 Å². The van der Waals surface area contributed by atoms with Crippen molar-refractivity contribution in [3.63, 3.8) is 0 Å². The molecule has 2 N–H and O–H groups in total. The van der Waals surface area contributed by atoms with Crippen LogP contribution < -0.4 is 10.6 Å². The van der Waals surface area contributed by atoms with Crippen LogP contribution in [-0.4, -0.2) is 29.8 Å². The second-order valence-corrected chi connectivity index (χ2v) is 7.65. The van der Waals surface area contributed by atoms with Gasteiger partial charge < -0.3 is 15.4 Å². The summed E-state index contributed by atoms with van der Waals surface area (Å²) in [6, 6.07) is 13.4. The Hall–Kier alpha value is -3.06. The molecular weight excluding hydrogens is 386 g/mol. The Morgan fingerprint density at radius 3 is 2.69 bits per heavy atom. The minimum atomic E-state index is -0.347. The molecule has 1 aliphatic heterocycles. The molecule has 0 atom stereocenters. The van der Waals surface area contributed by atoms with Crippen LogP contribution in [0.5, 0.6) is 0 Å². The first-order chi connectivity index (χ1) is 13.9. The molecule has 2 aromatic carbocycles. The molecule has 0 spiro atoms. The molecule has 0 saturated heterocycles. The molecule has 0 radical (unpaired) electrons. The molecule has 1 amide bonds. The van der Waals surface area contributed by atoms with Gasteiger partial charge in [-0.2, -0.15) is 0 Å². The number of nitrogens with zero attached hydrogens (tertiary/aromatic N) is 1. The summed E-state index contributed by atoms with van der Waals surface area (Å²) in [5.41, 5.74) is 5.30. The Labute approximate surface area is 174 Å². The first-order valence-electron chi connectivity index (χ1n) is 9.16. The van der Waals surface area contributed by atoms with Crippen molar-refractivity contribution in [2.24, 2.45) is 4.99 Å². The maximum Gasteiger partial charge on any atom is 0.311 e. The number of aliphatic imine (C=N–C) groups is 1. The van der Waals surface area contributed by atoms with Crippen molar-refractivity contribution < 1.29 is 14.3 Å². The third-order valence-corrected chi connectivity index (χ3v) is 5.34. The number of amides is 1. The zero-order valence-electron chi connectivity index (χ0n) is 16.6. The number of para-hydroxylation sites is 2. The summed E-state index contributed by atoms with van der Waals surface area (Å²) >= 11 is 1.32. The van der Waals surface area contributed by atoms with E-state index in [2.05, 4.69) is 15.6 Å². The van der Waals surface area contributed by atoms with Crippen LogP contribution in [0.1, 0.15) is 17.5 Å². The number of thioether (sulfide) groups is 1. The van der Waals surface area contributed by atoms with E-state index in [4.69, 9.17) is 4.74 Å². The molecular formula is C22H23N3O3S. The van der Waals surface area contributed by atoms with Crippen LogP contribution in [-0.2, 0) is 14.3 Å². The zero-order valence-corrected chi connectivity index (χ0v) is 17.4. The lowest BCUT2D eigenvalue weighted by Crippen LogP contribution is -2.15. The van der Waals surface area contributed by atoms with Crippen LogP contribution in [0.2, 0.25) is 0 Å². The standard InChI is InChI=1S/C22H23N3O3S/c1-14-8-9-16(10-15(14)2)24-20(26)13-29-21-11-17(12-22(27)28-3)23-18-6-4-5-7-19(18)25-21/h4-11,23H,12-13H2,1-3H3,(H,24,26). The monoisotopic (exact) mass is 409 g/mol. The van der Waals surface area contributed by atoms with E-state index in [0.29, 0.717) is 10.7 Å². The van der Waals surface area contributed by atoms with Gasteiger partial charge in [0.05, 0.1) is 35.7 Å². The number of aryl methyl sites for hydroxylation is 2. The van der Waals surface area contributed by atoms with Gasteiger partial charge in [-0.3, -0.25) is 9.59 Å². The zero-order chi connectivity index (χ0) is 20.8. The van der Waals surface area contributed by atoms with Crippen molar-refractivity contribution in [1.29, 1.82) is 0 Å². The fraction of sp³-hybridized carbons (Fsp3) is 0.227. The molecule has 0 aromatic heterocycles. The van der Waals surface area contributed by atoms with Gasteiger partial charge in [-0.05, 0) is 55.3 Å². The highest BCUT2D eigenvalue weighted by atomic mass is 32.2. The van der Waals surface area contributed by atoms with Gasteiger partial charge >= 0.3 is 5.97 Å². The number of ether oxygens (including phenoxy) is 1. The number of hydrogen-bond acceptors (Lipinski definition) is 6. The molecule has 0 unspecified atom stereocenters. The Balaban J connectivity index is 1.72. The molecule has 150 valence electrons. The van der Waals surface area contributed by atoms with E-state index in [1.807, 2.05) is 56.3 Å². The highest BCUT2D eigenvalue weighted by molar-refractivity contribution is 8.14. The van der Waals surface area contributed by atoms with Crippen molar-refractivity contribution in [2.45, 2.75) is 20.3 Å². The van der Waals surface area contributed by atoms with E-state index >= 15 is 0 Å². The smallest absolute Gasteiger partial charge is 0.311 e. The summed E-state index contributed by atoms with van der Waals surface area (Å²) in [7, 11) is 1.36. The van der Waals surface area contributed by atoms with Crippen LogP contribution in [0.15, 0.2) is 59.2 Å². The molecule has 29 heavy (non-hydrogen) atoms. The maximum atomic E-state index is 12.4. The number of rotatable bonds is 5. The van der Waals surface area contributed by atoms with Gasteiger partial charge in [0, 0.05) is 11.4 Å². The van der Waals surface area contributed by atoms with Gasteiger partial charge in [-0.25, -0.2) is 4.99 Å². The van der Waals surface area contributed by atoms with Crippen LogP contribution >= 0.6 is 11.8 Å². The van der Waals surface area contributed by atoms with Gasteiger partial charge in [-0.1, -0.05) is 30.0 Å². The lowest BCUT2D eigenvalue weighted by molar-refractivity contribution is -0.139. The lowest BCUT2D eigenvalue weighted by atomic mass is 10.1. The number of benzene rings is 2. The van der Waals surface area contributed by atoms with Crippen molar-refractivity contribution in [3.05, 3.63) is 65.4 Å². The number of anilines is 2. The summed E-state index contributed by atoms with van der Waals surface area (Å²) in [5, 5.41) is 6.79. The van der Waals surface area contributed by atoms with Crippen LogP contribution in [0.25, 0.3) is 0 Å². The Morgan fingerprint density at radius 1 is 1.14 bits per heavy atom. The highest BCUT2D eigenvalue weighted by Crippen LogP contribution is 2.31. The van der Waals surface area contributed by atoms with E-state index in [9.17, 15) is 9.59 Å². The van der Waals surface area contributed by atoms with Gasteiger partial charge in [0.2, 0.25) is 5.91 Å². The molecule has 6 nitrogen and oxygen atoms in total. The molecule has 0 saturated carbocycles. The largest absolute Gasteiger partial charge is 0.469 e. The number of hydrogen-bond donors (Lipinski definition) is 2. The first-order valence-corrected chi connectivity index (χ1v) is 10.1. The number of carbonyl (C=O) groups excluding carboxylic acids is 2. The van der Waals surface area contributed by atoms with Crippen LogP contribution in [0, 0.1) is 13.8 Å². The second-order valence-electron chi connectivity index (χ2n) is 6.65. The van der Waals surface area contributed by atoms with Gasteiger partial charge in [0.15, 0.2) is 0 Å². The molecule has 3 rings (SSSR count). The quantitative estimate of drug-likeness (QED) is 0.707. The maximum absolute atomic E-state index is 12.4. The molecule has 1 heterocycles. The van der Waals surface area contributed by atoms with E-state index < -0.39 is 0 Å². The van der Waals surface area contributed by atoms with Crippen molar-refractivity contribution in [1.82, 2.24) is 0 Å². The van der Waals surface area contributed by atoms with Gasteiger partial charge in [0.1, 0.15) is 0 Å². The predicted molar refractivity (Wildman–Crippen MR) is 119 cm³/mol. The average molecular weight is 410 g/mol. The number of esters is 1. The minimum absolute atomic E-state index is 0.0965. The predicted octanol–water partition coefficient (Wildman–Crippen LogP) is 4.58. The SMILES string of the molecule is COC(=O)CC1=CC(SCC(=O)Nc2ccc(C)c(C)c2)=Nc2ccccc2N1. The molecule has 1 aliphatic rings. The minimum Gasteiger partial charge on any atom is -0.469 e. The third-order valence-electron chi connectivity index (χ3n) is 4.43. The Morgan fingerprint density at radius 2 is 1.93 bits per heavy atom. The Kier molecular flexibility index (Phi) is 6.72.